The van der Waals surface area contributed by atoms with E-state index in [1.54, 1.807) is 0 Å². The number of nitrogens with one attached hydrogen (secondary N) is 1. The lowest BCUT2D eigenvalue weighted by molar-refractivity contribution is -0.385. The molecule has 1 aromatic carbocycles. The Morgan fingerprint density at radius 3 is 2.95 bits per heavy atom. The minimum Gasteiger partial charge on any atom is -0.381 e. The predicted octanol–water partition coefficient (Wildman–Crippen LogP) is 1.89. The molecule has 0 spiro atoms. The number of halogens is 1. The number of ether oxygens (including phenoxy) is 1. The van der Waals surface area contributed by atoms with Crippen molar-refractivity contribution in [2.24, 2.45) is 5.92 Å². The lowest BCUT2D eigenvalue weighted by Gasteiger charge is -2.19. The summed E-state index contributed by atoms with van der Waals surface area (Å²) in [5, 5.41) is 13.5. The highest BCUT2D eigenvalue weighted by Gasteiger charge is 2.27. The quantitative estimate of drug-likeness (QED) is 0.675. The Balaban J connectivity index is 2.15. The minimum atomic E-state index is -0.697. The van der Waals surface area contributed by atoms with Crippen molar-refractivity contribution < 1.29 is 18.8 Å². The SMILES string of the molecule is CC(NC(=O)c1cc(F)ccc1[N+](=O)[O-])C1CCOC1. The number of carbonyl (C=O) groups excluding carboxylic acids is 1. The standard InChI is InChI=1S/C13H15FN2O4/c1-8(9-4-5-20-7-9)15-13(17)11-6-10(14)2-3-12(11)16(18)19/h2-3,6,8-9H,4-5,7H2,1H3,(H,15,17). The van der Waals surface area contributed by atoms with Crippen LogP contribution in [0, 0.1) is 21.8 Å². The maximum atomic E-state index is 13.2. The topological polar surface area (TPSA) is 81.5 Å². The largest absolute Gasteiger partial charge is 0.381 e. The highest BCUT2D eigenvalue weighted by atomic mass is 19.1. The van der Waals surface area contributed by atoms with Gasteiger partial charge in [-0.3, -0.25) is 14.9 Å². The molecule has 1 fully saturated rings. The first-order valence-corrected chi connectivity index (χ1v) is 6.31. The van der Waals surface area contributed by atoms with E-state index in [0.29, 0.717) is 13.2 Å². The molecule has 7 heteroatoms. The van der Waals surface area contributed by atoms with E-state index in [9.17, 15) is 19.3 Å². The van der Waals surface area contributed by atoms with Gasteiger partial charge in [0, 0.05) is 24.6 Å². The molecule has 1 amide bonds. The highest BCUT2D eigenvalue weighted by Crippen LogP contribution is 2.21. The third kappa shape index (κ3) is 3.11. The normalized spacial score (nSPS) is 19.6. The van der Waals surface area contributed by atoms with Crippen LogP contribution in [0.2, 0.25) is 0 Å². The van der Waals surface area contributed by atoms with Crippen LogP contribution in [-0.2, 0) is 4.74 Å². The van der Waals surface area contributed by atoms with Crippen molar-refractivity contribution in [2.45, 2.75) is 19.4 Å². The molecule has 0 aliphatic carbocycles. The van der Waals surface area contributed by atoms with Gasteiger partial charge in [0.15, 0.2) is 0 Å². The Kier molecular flexibility index (Phi) is 4.29. The molecule has 0 bridgehead atoms. The average Bonchev–Trinajstić information content (AvgIpc) is 2.92. The van der Waals surface area contributed by atoms with E-state index < -0.39 is 22.3 Å². The highest BCUT2D eigenvalue weighted by molar-refractivity contribution is 5.98. The Labute approximate surface area is 115 Å². The summed E-state index contributed by atoms with van der Waals surface area (Å²) in [5.74, 6) is -1.15. The van der Waals surface area contributed by atoms with Crippen LogP contribution in [0.4, 0.5) is 10.1 Å². The van der Waals surface area contributed by atoms with E-state index in [1.807, 2.05) is 6.92 Å². The third-order valence-corrected chi connectivity index (χ3v) is 3.43. The van der Waals surface area contributed by atoms with E-state index in [0.717, 1.165) is 24.6 Å². The third-order valence-electron chi connectivity index (χ3n) is 3.43. The zero-order chi connectivity index (χ0) is 14.7. The minimum absolute atomic E-state index is 0.173. The summed E-state index contributed by atoms with van der Waals surface area (Å²) in [6.45, 7) is 3.00. The second-order valence-corrected chi connectivity index (χ2v) is 4.80. The van der Waals surface area contributed by atoms with Crippen molar-refractivity contribution in [3.63, 3.8) is 0 Å². The van der Waals surface area contributed by atoms with Gasteiger partial charge in [0.05, 0.1) is 11.5 Å². The van der Waals surface area contributed by atoms with Crippen molar-refractivity contribution >= 4 is 11.6 Å². The summed E-state index contributed by atoms with van der Waals surface area (Å²) in [6.07, 6.45) is 0.826. The van der Waals surface area contributed by atoms with Crippen molar-refractivity contribution in [3.05, 3.63) is 39.7 Å². The number of nitro benzene ring substituents is 1. The lowest BCUT2D eigenvalue weighted by atomic mass is 10.00. The second-order valence-electron chi connectivity index (χ2n) is 4.80. The summed E-state index contributed by atoms with van der Waals surface area (Å²) in [7, 11) is 0. The predicted molar refractivity (Wildman–Crippen MR) is 68.9 cm³/mol. The number of benzene rings is 1. The molecule has 2 atom stereocenters. The molecule has 1 heterocycles. The first-order chi connectivity index (χ1) is 9.49. The van der Waals surface area contributed by atoms with Gasteiger partial charge in [0.2, 0.25) is 0 Å². The van der Waals surface area contributed by atoms with Crippen LogP contribution in [0.25, 0.3) is 0 Å². The van der Waals surface area contributed by atoms with E-state index in [-0.39, 0.29) is 17.5 Å². The Bertz CT molecular complexity index is 529. The summed E-state index contributed by atoms with van der Waals surface area (Å²) in [4.78, 5) is 22.2. The lowest BCUT2D eigenvalue weighted by Crippen LogP contribution is -2.38. The summed E-state index contributed by atoms with van der Waals surface area (Å²) in [5.41, 5.74) is -0.667. The first-order valence-electron chi connectivity index (χ1n) is 6.31. The van der Waals surface area contributed by atoms with Gasteiger partial charge >= 0.3 is 0 Å². The van der Waals surface area contributed by atoms with Gasteiger partial charge in [-0.15, -0.1) is 0 Å². The van der Waals surface area contributed by atoms with Crippen LogP contribution in [0.5, 0.6) is 0 Å². The van der Waals surface area contributed by atoms with Gasteiger partial charge in [-0.1, -0.05) is 0 Å². The molecule has 20 heavy (non-hydrogen) atoms. The zero-order valence-electron chi connectivity index (χ0n) is 11.0. The molecule has 1 N–H and O–H groups in total. The molecule has 0 radical (unpaired) electrons. The molecule has 108 valence electrons. The number of carbonyl (C=O) groups is 1. The maximum Gasteiger partial charge on any atom is 0.282 e. The number of hydrogen-bond donors (Lipinski definition) is 1. The molecule has 0 saturated carbocycles. The molecule has 0 aromatic heterocycles. The zero-order valence-corrected chi connectivity index (χ0v) is 11.0. The van der Waals surface area contributed by atoms with Crippen LogP contribution in [-0.4, -0.2) is 30.1 Å². The summed E-state index contributed by atoms with van der Waals surface area (Å²) >= 11 is 0. The molecule has 6 nitrogen and oxygen atoms in total. The van der Waals surface area contributed by atoms with Gasteiger partial charge in [0.1, 0.15) is 11.4 Å². The van der Waals surface area contributed by atoms with E-state index >= 15 is 0 Å². The van der Waals surface area contributed by atoms with Gasteiger partial charge in [-0.2, -0.15) is 0 Å². The van der Waals surface area contributed by atoms with Crippen molar-refractivity contribution in [1.29, 1.82) is 0 Å². The smallest absolute Gasteiger partial charge is 0.282 e. The number of rotatable bonds is 4. The van der Waals surface area contributed by atoms with Crippen molar-refractivity contribution in [2.75, 3.05) is 13.2 Å². The molecular weight excluding hydrogens is 267 g/mol. The Morgan fingerprint density at radius 1 is 1.60 bits per heavy atom. The first kappa shape index (κ1) is 14.4. The molecular formula is C13H15FN2O4. The molecule has 1 aromatic rings. The molecule has 1 aliphatic heterocycles. The number of amides is 1. The second kappa shape index (κ2) is 5.96. The van der Waals surface area contributed by atoms with Crippen LogP contribution < -0.4 is 5.32 Å². The number of hydrogen-bond acceptors (Lipinski definition) is 4. The summed E-state index contributed by atoms with van der Waals surface area (Å²) in [6, 6.07) is 2.65. The number of nitro groups is 1. The molecule has 1 saturated heterocycles. The van der Waals surface area contributed by atoms with Crippen LogP contribution in [0.15, 0.2) is 18.2 Å². The van der Waals surface area contributed by atoms with Crippen LogP contribution in [0.3, 0.4) is 0 Å². The van der Waals surface area contributed by atoms with Crippen molar-refractivity contribution in [3.8, 4) is 0 Å². The summed E-state index contributed by atoms with van der Waals surface area (Å²) < 4.78 is 18.4. The maximum absolute atomic E-state index is 13.2. The van der Waals surface area contributed by atoms with Gasteiger partial charge in [-0.25, -0.2) is 4.39 Å². The van der Waals surface area contributed by atoms with E-state index in [4.69, 9.17) is 4.74 Å². The molecule has 2 rings (SSSR count). The van der Waals surface area contributed by atoms with Gasteiger partial charge in [-0.05, 0) is 25.5 Å². The van der Waals surface area contributed by atoms with Crippen LogP contribution in [0.1, 0.15) is 23.7 Å². The van der Waals surface area contributed by atoms with Gasteiger partial charge in [0.25, 0.3) is 11.6 Å². The Morgan fingerprint density at radius 2 is 2.35 bits per heavy atom. The fourth-order valence-electron chi connectivity index (χ4n) is 2.20. The molecule has 1 aliphatic rings. The monoisotopic (exact) mass is 282 g/mol. The fraction of sp³-hybridized carbons (Fsp3) is 0.462. The van der Waals surface area contributed by atoms with Gasteiger partial charge < -0.3 is 10.1 Å². The van der Waals surface area contributed by atoms with Crippen LogP contribution >= 0.6 is 0 Å². The average molecular weight is 282 g/mol. The number of nitrogens with zero attached hydrogens (tertiary/aromatic N) is 1. The Hall–Kier alpha value is -2.02. The molecule has 2 unspecified atom stereocenters. The van der Waals surface area contributed by atoms with E-state index in [2.05, 4.69) is 5.32 Å². The van der Waals surface area contributed by atoms with E-state index in [1.165, 1.54) is 0 Å². The fourth-order valence-corrected chi connectivity index (χ4v) is 2.20. The van der Waals surface area contributed by atoms with Crippen molar-refractivity contribution in [1.82, 2.24) is 5.32 Å².